The van der Waals surface area contributed by atoms with Crippen molar-refractivity contribution in [1.82, 2.24) is 4.98 Å². The van der Waals surface area contributed by atoms with Crippen LogP contribution in [0.5, 0.6) is 0 Å². The molecule has 0 aliphatic heterocycles. The molecule has 1 aromatic rings. The molecule has 4 nitrogen and oxygen atoms in total. The van der Waals surface area contributed by atoms with E-state index in [-0.39, 0.29) is 0 Å². The highest BCUT2D eigenvalue weighted by molar-refractivity contribution is 9.10. The lowest BCUT2D eigenvalue weighted by Crippen LogP contribution is -2.09. The van der Waals surface area contributed by atoms with Crippen molar-refractivity contribution < 1.29 is 9.90 Å². The average Bonchev–Trinajstić information content (AvgIpc) is 1.94. The summed E-state index contributed by atoms with van der Waals surface area (Å²) in [6.45, 7) is 1.78. The Morgan fingerprint density at radius 1 is 1.75 bits per heavy atom. The first kappa shape index (κ1) is 8.99. The molecule has 0 saturated heterocycles. The Hall–Kier alpha value is -1.10. The first-order valence-electron chi connectivity index (χ1n) is 3.21. The second kappa shape index (κ2) is 3.53. The van der Waals surface area contributed by atoms with E-state index in [1.807, 2.05) is 0 Å². The zero-order valence-electron chi connectivity index (χ0n) is 6.34. The van der Waals surface area contributed by atoms with Crippen LogP contribution < -0.4 is 5.32 Å². The molecule has 12 heavy (non-hydrogen) atoms. The van der Waals surface area contributed by atoms with Gasteiger partial charge in [-0.2, -0.15) is 0 Å². The smallest absolute Gasteiger partial charge is 0.410 e. The Morgan fingerprint density at radius 2 is 2.42 bits per heavy atom. The summed E-state index contributed by atoms with van der Waals surface area (Å²) in [5.41, 5.74) is 0.784. The maximum Gasteiger partial charge on any atom is 0.410 e. The third-order valence-corrected chi connectivity index (χ3v) is 1.70. The quantitative estimate of drug-likeness (QED) is 0.778. The van der Waals surface area contributed by atoms with Crippen LogP contribution in [0.15, 0.2) is 16.7 Å². The van der Waals surface area contributed by atoms with E-state index in [0.717, 1.165) is 10.0 Å². The van der Waals surface area contributed by atoms with Gasteiger partial charge < -0.3 is 5.11 Å². The minimum absolute atomic E-state index is 0.366. The van der Waals surface area contributed by atoms with Crippen molar-refractivity contribution in [3.8, 4) is 0 Å². The molecule has 2 N–H and O–H groups in total. The molecule has 0 aromatic carbocycles. The van der Waals surface area contributed by atoms with Crippen molar-refractivity contribution >= 4 is 27.8 Å². The number of pyridine rings is 1. The fourth-order valence-electron chi connectivity index (χ4n) is 0.773. The largest absolute Gasteiger partial charge is 0.465 e. The van der Waals surface area contributed by atoms with Gasteiger partial charge in [-0.1, -0.05) is 0 Å². The third kappa shape index (κ3) is 2.20. The predicted octanol–water partition coefficient (Wildman–Crippen LogP) is 2.24. The number of aryl methyl sites for hydroxylation is 1. The van der Waals surface area contributed by atoms with Crippen molar-refractivity contribution in [2.24, 2.45) is 0 Å². The van der Waals surface area contributed by atoms with E-state index < -0.39 is 6.09 Å². The molecular formula is C7H7BrN2O2. The van der Waals surface area contributed by atoms with Crippen molar-refractivity contribution in [2.75, 3.05) is 5.32 Å². The number of anilines is 1. The van der Waals surface area contributed by atoms with Crippen molar-refractivity contribution in [2.45, 2.75) is 6.92 Å². The van der Waals surface area contributed by atoms with Gasteiger partial charge in [0.1, 0.15) is 5.82 Å². The van der Waals surface area contributed by atoms with Gasteiger partial charge in [0.05, 0.1) is 0 Å². The normalized spacial score (nSPS) is 9.50. The van der Waals surface area contributed by atoms with Crippen LogP contribution in [0.25, 0.3) is 0 Å². The second-order valence-corrected chi connectivity index (χ2v) is 3.16. The minimum atomic E-state index is -1.10. The van der Waals surface area contributed by atoms with Crippen LogP contribution in [0, 0.1) is 6.92 Å². The maximum absolute atomic E-state index is 10.2. The summed E-state index contributed by atoms with van der Waals surface area (Å²) >= 11 is 3.22. The number of aromatic nitrogens is 1. The summed E-state index contributed by atoms with van der Waals surface area (Å²) in [6.07, 6.45) is 0.436. The summed E-state index contributed by atoms with van der Waals surface area (Å²) < 4.78 is 0.830. The summed E-state index contributed by atoms with van der Waals surface area (Å²) in [6, 6.07) is 1.79. The predicted molar refractivity (Wildman–Crippen MR) is 48.3 cm³/mol. The highest BCUT2D eigenvalue weighted by Crippen LogP contribution is 2.16. The third-order valence-electron chi connectivity index (χ3n) is 1.27. The monoisotopic (exact) mass is 230 g/mol. The Balaban J connectivity index is 2.93. The molecule has 0 radical (unpaired) electrons. The molecular weight excluding hydrogens is 224 g/mol. The van der Waals surface area contributed by atoms with E-state index in [1.165, 1.54) is 6.20 Å². The van der Waals surface area contributed by atoms with Gasteiger partial charge in [0.15, 0.2) is 0 Å². The summed E-state index contributed by atoms with van der Waals surface area (Å²) in [5, 5.41) is 10.6. The highest BCUT2D eigenvalue weighted by Gasteiger charge is 2.02. The van der Waals surface area contributed by atoms with Gasteiger partial charge in [-0.3, -0.25) is 5.32 Å². The maximum atomic E-state index is 10.2. The molecule has 5 heteroatoms. The Kier molecular flexibility index (Phi) is 2.65. The molecule has 0 bridgehead atoms. The molecule has 1 aromatic heterocycles. The lowest BCUT2D eigenvalue weighted by atomic mass is 10.3. The zero-order valence-corrected chi connectivity index (χ0v) is 7.92. The molecule has 1 rings (SSSR count). The van der Waals surface area contributed by atoms with Gasteiger partial charge in [0.2, 0.25) is 0 Å². The Bertz CT molecular complexity index is 314. The van der Waals surface area contributed by atoms with Gasteiger partial charge >= 0.3 is 6.09 Å². The van der Waals surface area contributed by atoms with Gasteiger partial charge in [-0.15, -0.1) is 0 Å². The van der Waals surface area contributed by atoms with Crippen LogP contribution in [0.3, 0.4) is 0 Å². The molecule has 0 fully saturated rings. The van der Waals surface area contributed by atoms with Crippen LogP contribution in [-0.2, 0) is 0 Å². The van der Waals surface area contributed by atoms with E-state index in [9.17, 15) is 4.79 Å². The molecule has 0 atom stereocenters. The van der Waals surface area contributed by atoms with Gasteiger partial charge in [0.25, 0.3) is 0 Å². The van der Waals surface area contributed by atoms with Crippen LogP contribution >= 0.6 is 15.9 Å². The molecule has 0 aliphatic carbocycles. The number of hydrogen-bond donors (Lipinski definition) is 2. The first-order valence-corrected chi connectivity index (χ1v) is 4.01. The van der Waals surface area contributed by atoms with E-state index in [1.54, 1.807) is 13.0 Å². The fourth-order valence-corrected chi connectivity index (χ4v) is 1.22. The molecule has 0 spiro atoms. The molecule has 0 saturated carbocycles. The molecule has 0 unspecified atom stereocenters. The number of halogens is 1. The SMILES string of the molecule is Cc1cc(Br)cnc1NC(=O)O. The van der Waals surface area contributed by atoms with Gasteiger partial charge in [-0.05, 0) is 34.5 Å². The second-order valence-electron chi connectivity index (χ2n) is 2.25. The summed E-state index contributed by atoms with van der Waals surface area (Å²) in [5.74, 6) is 0.366. The van der Waals surface area contributed by atoms with Crippen LogP contribution in [0.2, 0.25) is 0 Å². The lowest BCUT2D eigenvalue weighted by molar-refractivity contribution is 0.209. The number of nitrogens with one attached hydrogen (secondary N) is 1. The number of amides is 1. The number of hydrogen-bond acceptors (Lipinski definition) is 2. The van der Waals surface area contributed by atoms with Gasteiger partial charge in [-0.25, -0.2) is 9.78 Å². The van der Waals surface area contributed by atoms with Crippen molar-refractivity contribution in [3.05, 3.63) is 22.3 Å². The number of carbonyl (C=O) groups is 1. The van der Waals surface area contributed by atoms with Crippen LogP contribution in [0.4, 0.5) is 10.6 Å². The highest BCUT2D eigenvalue weighted by atomic mass is 79.9. The Morgan fingerprint density at radius 3 is 2.92 bits per heavy atom. The van der Waals surface area contributed by atoms with Crippen molar-refractivity contribution in [3.63, 3.8) is 0 Å². The summed E-state index contributed by atoms with van der Waals surface area (Å²) in [7, 11) is 0. The molecule has 1 amide bonds. The summed E-state index contributed by atoms with van der Waals surface area (Å²) in [4.78, 5) is 14.1. The standard InChI is InChI=1S/C7H7BrN2O2/c1-4-2-5(8)3-9-6(4)10-7(11)12/h2-3H,1H3,(H,9,10)(H,11,12). The van der Waals surface area contributed by atoms with E-state index in [0.29, 0.717) is 5.82 Å². The van der Waals surface area contributed by atoms with Crippen LogP contribution in [0.1, 0.15) is 5.56 Å². The fraction of sp³-hybridized carbons (Fsp3) is 0.143. The molecule has 1 heterocycles. The minimum Gasteiger partial charge on any atom is -0.465 e. The van der Waals surface area contributed by atoms with E-state index in [2.05, 4.69) is 26.2 Å². The average molecular weight is 231 g/mol. The number of nitrogens with zero attached hydrogens (tertiary/aromatic N) is 1. The Labute approximate surface area is 77.8 Å². The topological polar surface area (TPSA) is 62.2 Å². The van der Waals surface area contributed by atoms with Gasteiger partial charge in [0, 0.05) is 10.7 Å². The first-order chi connectivity index (χ1) is 5.59. The van der Waals surface area contributed by atoms with E-state index >= 15 is 0 Å². The van der Waals surface area contributed by atoms with E-state index in [4.69, 9.17) is 5.11 Å². The number of carboxylic acid groups (broad SMARTS) is 1. The van der Waals surface area contributed by atoms with Crippen LogP contribution in [-0.4, -0.2) is 16.2 Å². The molecule has 64 valence electrons. The molecule has 0 aliphatic rings. The van der Waals surface area contributed by atoms with Crippen molar-refractivity contribution in [1.29, 1.82) is 0 Å². The lowest BCUT2D eigenvalue weighted by Gasteiger charge is -2.03. The zero-order chi connectivity index (χ0) is 9.14. The number of rotatable bonds is 1.